The van der Waals surface area contributed by atoms with Crippen molar-refractivity contribution >= 4 is 21.9 Å². The van der Waals surface area contributed by atoms with Gasteiger partial charge in [-0.1, -0.05) is 6.07 Å². The van der Waals surface area contributed by atoms with Gasteiger partial charge in [0.15, 0.2) is 0 Å². The molecule has 1 aliphatic heterocycles. The van der Waals surface area contributed by atoms with Crippen molar-refractivity contribution in [3.63, 3.8) is 0 Å². The van der Waals surface area contributed by atoms with Gasteiger partial charge in [0, 0.05) is 19.0 Å². The summed E-state index contributed by atoms with van der Waals surface area (Å²) in [6.45, 7) is 4.33. The monoisotopic (exact) mass is 394 g/mol. The zero-order chi connectivity index (χ0) is 19.8. The number of rotatable bonds is 6. The quantitative estimate of drug-likeness (QED) is 0.764. The molecule has 2 aliphatic rings. The molecule has 3 rings (SSSR count). The molecular formula is C19H26N2O5S. The van der Waals surface area contributed by atoms with E-state index in [0.29, 0.717) is 12.8 Å². The number of benzene rings is 1. The number of hydrogen-bond acceptors (Lipinski definition) is 4. The Hall–Kier alpha value is -1.93. The second-order valence-corrected chi connectivity index (χ2v) is 9.52. The van der Waals surface area contributed by atoms with E-state index >= 15 is 0 Å². The van der Waals surface area contributed by atoms with Crippen molar-refractivity contribution in [2.24, 2.45) is 11.8 Å². The summed E-state index contributed by atoms with van der Waals surface area (Å²) in [5.74, 6) is -1.60. The molecule has 1 heterocycles. The summed E-state index contributed by atoms with van der Waals surface area (Å²) < 4.78 is 27.1. The van der Waals surface area contributed by atoms with Crippen LogP contribution in [0.5, 0.6) is 0 Å². The van der Waals surface area contributed by atoms with Crippen molar-refractivity contribution in [2.45, 2.75) is 50.5 Å². The van der Waals surface area contributed by atoms with Crippen LogP contribution in [0.1, 0.15) is 36.8 Å². The molecule has 2 fully saturated rings. The van der Waals surface area contributed by atoms with E-state index in [-0.39, 0.29) is 35.7 Å². The van der Waals surface area contributed by atoms with Crippen LogP contribution in [-0.2, 0) is 19.6 Å². The summed E-state index contributed by atoms with van der Waals surface area (Å²) in [4.78, 5) is 24.0. The molecule has 1 saturated heterocycles. The first-order valence-electron chi connectivity index (χ1n) is 9.30. The van der Waals surface area contributed by atoms with Crippen LogP contribution in [0.2, 0.25) is 0 Å². The van der Waals surface area contributed by atoms with Gasteiger partial charge in [0.25, 0.3) is 0 Å². The minimum atomic E-state index is -3.58. The highest BCUT2D eigenvalue weighted by Gasteiger charge is 2.39. The molecule has 0 spiro atoms. The minimum absolute atomic E-state index is 0.0247. The van der Waals surface area contributed by atoms with E-state index in [4.69, 9.17) is 0 Å². The number of aliphatic carboxylic acids is 1. The molecule has 1 aromatic rings. The average Bonchev–Trinajstić information content (AvgIpc) is 3.46. The molecule has 1 amide bonds. The van der Waals surface area contributed by atoms with E-state index in [1.165, 1.54) is 4.31 Å². The van der Waals surface area contributed by atoms with Crippen LogP contribution in [-0.4, -0.2) is 48.8 Å². The Kier molecular flexibility index (Phi) is 5.58. The number of amides is 1. The van der Waals surface area contributed by atoms with E-state index in [9.17, 15) is 23.1 Å². The van der Waals surface area contributed by atoms with Crippen LogP contribution in [0, 0.1) is 25.7 Å². The highest BCUT2D eigenvalue weighted by Crippen LogP contribution is 2.33. The Labute approximate surface area is 159 Å². The van der Waals surface area contributed by atoms with Gasteiger partial charge in [-0.05, 0) is 68.7 Å². The topological polar surface area (TPSA) is 104 Å². The van der Waals surface area contributed by atoms with Crippen molar-refractivity contribution in [2.75, 3.05) is 13.1 Å². The van der Waals surface area contributed by atoms with Crippen molar-refractivity contribution in [3.8, 4) is 0 Å². The van der Waals surface area contributed by atoms with E-state index in [0.717, 1.165) is 24.0 Å². The summed E-state index contributed by atoms with van der Waals surface area (Å²) in [6.07, 6.45) is 2.44. The van der Waals surface area contributed by atoms with Crippen molar-refractivity contribution < 1.29 is 23.1 Å². The number of nitrogens with one attached hydrogen (secondary N) is 1. The Bertz CT molecular complexity index is 840. The Morgan fingerprint density at radius 1 is 1.11 bits per heavy atom. The maximum atomic E-state index is 12.8. The van der Waals surface area contributed by atoms with Gasteiger partial charge in [0.2, 0.25) is 15.9 Å². The molecule has 1 aromatic carbocycles. The number of hydrogen-bond donors (Lipinski definition) is 2. The summed E-state index contributed by atoms with van der Waals surface area (Å²) in [5.41, 5.74) is 1.96. The van der Waals surface area contributed by atoms with E-state index < -0.39 is 22.0 Å². The zero-order valence-corrected chi connectivity index (χ0v) is 16.5. The first kappa shape index (κ1) is 19.8. The predicted octanol–water partition coefficient (Wildman–Crippen LogP) is 1.68. The maximum absolute atomic E-state index is 12.8. The number of aryl methyl sites for hydroxylation is 2. The number of carboxylic acids is 1. The predicted molar refractivity (Wildman–Crippen MR) is 99.7 cm³/mol. The third kappa shape index (κ3) is 4.32. The van der Waals surface area contributed by atoms with E-state index in [1.54, 1.807) is 18.2 Å². The highest BCUT2D eigenvalue weighted by molar-refractivity contribution is 7.89. The maximum Gasteiger partial charge on any atom is 0.326 e. The molecule has 1 unspecified atom stereocenters. The SMILES string of the molecule is Cc1ccc(S(=O)(=O)N2CCC(C(=O)NC(C(=O)O)C3CC3)CC2)cc1C. The third-order valence-corrected chi connectivity index (χ3v) is 7.49. The number of sulfonamides is 1. The lowest BCUT2D eigenvalue weighted by Crippen LogP contribution is -2.48. The van der Waals surface area contributed by atoms with Crippen molar-refractivity contribution in [1.29, 1.82) is 0 Å². The number of carboxylic acid groups (broad SMARTS) is 1. The fourth-order valence-corrected chi connectivity index (χ4v) is 5.02. The van der Waals surface area contributed by atoms with Crippen molar-refractivity contribution in [1.82, 2.24) is 9.62 Å². The Balaban J connectivity index is 1.61. The highest BCUT2D eigenvalue weighted by atomic mass is 32.2. The van der Waals surface area contributed by atoms with E-state index in [1.807, 2.05) is 13.8 Å². The largest absolute Gasteiger partial charge is 0.480 e. The smallest absolute Gasteiger partial charge is 0.326 e. The molecule has 1 saturated carbocycles. The first-order chi connectivity index (χ1) is 12.7. The lowest BCUT2D eigenvalue weighted by Gasteiger charge is -2.31. The van der Waals surface area contributed by atoms with Crippen LogP contribution in [0.15, 0.2) is 23.1 Å². The second-order valence-electron chi connectivity index (χ2n) is 7.59. The van der Waals surface area contributed by atoms with Crippen LogP contribution in [0.3, 0.4) is 0 Å². The number of nitrogens with zero attached hydrogens (tertiary/aromatic N) is 1. The van der Waals surface area contributed by atoms with Gasteiger partial charge in [-0.15, -0.1) is 0 Å². The number of carbonyl (C=O) groups is 2. The lowest BCUT2D eigenvalue weighted by molar-refractivity contribution is -0.143. The zero-order valence-electron chi connectivity index (χ0n) is 15.6. The van der Waals surface area contributed by atoms with Crippen molar-refractivity contribution in [3.05, 3.63) is 29.3 Å². The normalized spacial score (nSPS) is 20.2. The van der Waals surface area contributed by atoms with Gasteiger partial charge in [0.05, 0.1) is 4.90 Å². The molecule has 0 aromatic heterocycles. The molecule has 1 aliphatic carbocycles. The average molecular weight is 394 g/mol. The molecule has 0 radical (unpaired) electrons. The van der Waals surface area contributed by atoms with Gasteiger partial charge >= 0.3 is 5.97 Å². The van der Waals surface area contributed by atoms with Crippen LogP contribution < -0.4 is 5.32 Å². The Morgan fingerprint density at radius 2 is 1.74 bits per heavy atom. The fraction of sp³-hybridized carbons (Fsp3) is 0.579. The molecular weight excluding hydrogens is 368 g/mol. The molecule has 0 bridgehead atoms. The van der Waals surface area contributed by atoms with Crippen LogP contribution in [0.25, 0.3) is 0 Å². The standard InChI is InChI=1S/C19H26N2O5S/c1-12-3-6-16(11-13(12)2)27(25,26)21-9-7-15(8-10-21)18(22)20-17(19(23)24)14-4-5-14/h3,6,11,14-15,17H,4-5,7-10H2,1-2H3,(H,20,22)(H,23,24). The number of piperidine rings is 1. The molecule has 8 heteroatoms. The fourth-order valence-electron chi connectivity index (χ4n) is 3.46. The molecule has 1 atom stereocenters. The summed E-state index contributed by atoms with van der Waals surface area (Å²) >= 11 is 0. The van der Waals surface area contributed by atoms with Gasteiger partial charge in [0.1, 0.15) is 6.04 Å². The summed E-state index contributed by atoms with van der Waals surface area (Å²) in [5, 5.41) is 11.9. The molecule has 148 valence electrons. The van der Waals surface area contributed by atoms with E-state index in [2.05, 4.69) is 5.32 Å². The first-order valence-corrected chi connectivity index (χ1v) is 10.7. The lowest BCUT2D eigenvalue weighted by atomic mass is 9.96. The third-order valence-electron chi connectivity index (χ3n) is 5.60. The second kappa shape index (κ2) is 7.59. The Morgan fingerprint density at radius 3 is 2.26 bits per heavy atom. The molecule has 27 heavy (non-hydrogen) atoms. The van der Waals surface area contributed by atoms with Gasteiger partial charge < -0.3 is 10.4 Å². The van der Waals surface area contributed by atoms with Gasteiger partial charge in [-0.2, -0.15) is 4.31 Å². The molecule has 2 N–H and O–H groups in total. The van der Waals surface area contributed by atoms with Gasteiger partial charge in [-0.3, -0.25) is 4.79 Å². The summed E-state index contributed by atoms with van der Waals surface area (Å²) in [6, 6.07) is 4.27. The molecule has 7 nitrogen and oxygen atoms in total. The summed E-state index contributed by atoms with van der Waals surface area (Å²) in [7, 11) is -3.58. The minimum Gasteiger partial charge on any atom is -0.480 e. The van der Waals surface area contributed by atoms with Gasteiger partial charge in [-0.25, -0.2) is 13.2 Å². The van der Waals surface area contributed by atoms with Crippen LogP contribution >= 0.6 is 0 Å². The number of carbonyl (C=O) groups excluding carboxylic acids is 1. The van der Waals surface area contributed by atoms with Crippen LogP contribution in [0.4, 0.5) is 0 Å².